The number of nitrogens with zero attached hydrogens (tertiary/aromatic N) is 1. The SMILES string of the molecule is CC(C)OCCCNC(=O)CN1CCC(C)(O)CC1. The molecule has 1 amide bonds. The number of hydrogen-bond acceptors (Lipinski definition) is 4. The number of ether oxygens (including phenoxy) is 1. The summed E-state index contributed by atoms with van der Waals surface area (Å²) in [5.74, 6) is 0.0612. The molecule has 0 aliphatic carbocycles. The Labute approximate surface area is 116 Å². The lowest BCUT2D eigenvalue weighted by Crippen LogP contribution is -2.46. The standard InChI is InChI=1S/C14H28N2O3/c1-12(2)19-10-4-7-15-13(17)11-16-8-5-14(3,18)6-9-16/h12,18H,4-11H2,1-3H3,(H,15,17). The highest BCUT2D eigenvalue weighted by Gasteiger charge is 2.27. The lowest BCUT2D eigenvalue weighted by Gasteiger charge is -2.35. The monoisotopic (exact) mass is 272 g/mol. The maximum absolute atomic E-state index is 11.7. The molecule has 0 unspecified atom stereocenters. The molecule has 5 heteroatoms. The second kappa shape index (κ2) is 7.82. The molecule has 0 aromatic heterocycles. The fraction of sp³-hybridized carbons (Fsp3) is 0.929. The molecule has 2 N–H and O–H groups in total. The van der Waals surface area contributed by atoms with Crippen LogP contribution < -0.4 is 5.32 Å². The van der Waals surface area contributed by atoms with E-state index in [0.717, 1.165) is 32.4 Å². The quantitative estimate of drug-likeness (QED) is 0.672. The average molecular weight is 272 g/mol. The maximum atomic E-state index is 11.7. The maximum Gasteiger partial charge on any atom is 0.234 e. The van der Waals surface area contributed by atoms with Gasteiger partial charge in [-0.2, -0.15) is 0 Å². The smallest absolute Gasteiger partial charge is 0.234 e. The molecule has 1 saturated heterocycles. The molecule has 1 fully saturated rings. The van der Waals surface area contributed by atoms with Crippen molar-refractivity contribution in [2.75, 3.05) is 32.8 Å². The van der Waals surface area contributed by atoms with Crippen LogP contribution >= 0.6 is 0 Å². The van der Waals surface area contributed by atoms with Crippen LogP contribution in [0.4, 0.5) is 0 Å². The Balaban J connectivity index is 2.05. The molecule has 0 radical (unpaired) electrons. The third-order valence-corrected chi connectivity index (χ3v) is 3.39. The Hall–Kier alpha value is -0.650. The summed E-state index contributed by atoms with van der Waals surface area (Å²) in [5.41, 5.74) is -0.554. The minimum Gasteiger partial charge on any atom is -0.390 e. The molecule has 0 aromatic carbocycles. The van der Waals surface area contributed by atoms with Crippen molar-refractivity contribution in [2.45, 2.75) is 51.7 Å². The molecule has 1 aliphatic rings. The summed E-state index contributed by atoms with van der Waals surface area (Å²) < 4.78 is 5.41. The number of carbonyl (C=O) groups excluding carboxylic acids is 1. The molecule has 19 heavy (non-hydrogen) atoms. The van der Waals surface area contributed by atoms with Gasteiger partial charge in [-0.1, -0.05) is 0 Å². The summed E-state index contributed by atoms with van der Waals surface area (Å²) in [6, 6.07) is 0. The van der Waals surface area contributed by atoms with Crippen molar-refractivity contribution in [3.05, 3.63) is 0 Å². The van der Waals surface area contributed by atoms with E-state index in [-0.39, 0.29) is 12.0 Å². The highest BCUT2D eigenvalue weighted by atomic mass is 16.5. The van der Waals surface area contributed by atoms with Crippen molar-refractivity contribution in [3.63, 3.8) is 0 Å². The first-order valence-corrected chi connectivity index (χ1v) is 7.22. The van der Waals surface area contributed by atoms with E-state index in [4.69, 9.17) is 4.74 Å². The number of aliphatic hydroxyl groups is 1. The van der Waals surface area contributed by atoms with E-state index in [1.165, 1.54) is 0 Å². The topological polar surface area (TPSA) is 61.8 Å². The first-order chi connectivity index (χ1) is 8.89. The third kappa shape index (κ3) is 7.50. The third-order valence-electron chi connectivity index (χ3n) is 3.39. The summed E-state index contributed by atoms with van der Waals surface area (Å²) in [5, 5.41) is 12.7. The van der Waals surface area contributed by atoms with E-state index in [0.29, 0.717) is 19.7 Å². The summed E-state index contributed by atoms with van der Waals surface area (Å²) in [7, 11) is 0. The number of piperidine rings is 1. The molecular weight excluding hydrogens is 244 g/mol. The molecule has 5 nitrogen and oxygen atoms in total. The van der Waals surface area contributed by atoms with Gasteiger partial charge >= 0.3 is 0 Å². The van der Waals surface area contributed by atoms with Gasteiger partial charge in [-0.05, 0) is 40.0 Å². The summed E-state index contributed by atoms with van der Waals surface area (Å²) in [4.78, 5) is 13.8. The number of nitrogens with one attached hydrogen (secondary N) is 1. The number of carbonyl (C=O) groups is 1. The van der Waals surface area contributed by atoms with Crippen molar-refractivity contribution < 1.29 is 14.6 Å². The second-order valence-corrected chi connectivity index (χ2v) is 5.90. The number of hydrogen-bond donors (Lipinski definition) is 2. The first kappa shape index (κ1) is 16.4. The molecule has 112 valence electrons. The van der Waals surface area contributed by atoms with Gasteiger partial charge < -0.3 is 15.2 Å². The Kier molecular flexibility index (Phi) is 6.75. The van der Waals surface area contributed by atoms with E-state index in [1.807, 2.05) is 20.8 Å². The normalized spacial score (nSPS) is 19.6. The number of rotatable bonds is 7. The van der Waals surface area contributed by atoms with Crippen LogP contribution in [0, 0.1) is 0 Å². The highest BCUT2D eigenvalue weighted by molar-refractivity contribution is 5.77. The zero-order valence-electron chi connectivity index (χ0n) is 12.4. The minimum atomic E-state index is -0.554. The van der Waals surface area contributed by atoms with Crippen molar-refractivity contribution in [1.29, 1.82) is 0 Å². The largest absolute Gasteiger partial charge is 0.390 e. The van der Waals surface area contributed by atoms with Crippen LogP contribution in [-0.4, -0.2) is 60.4 Å². The van der Waals surface area contributed by atoms with Gasteiger partial charge in [-0.25, -0.2) is 0 Å². The molecule has 0 saturated carbocycles. The molecule has 0 spiro atoms. The molecule has 0 atom stereocenters. The van der Waals surface area contributed by atoms with Crippen molar-refractivity contribution in [1.82, 2.24) is 10.2 Å². The van der Waals surface area contributed by atoms with Gasteiger partial charge in [0.25, 0.3) is 0 Å². The average Bonchev–Trinajstić information content (AvgIpc) is 2.31. The summed E-state index contributed by atoms with van der Waals surface area (Å²) in [6.07, 6.45) is 2.57. The second-order valence-electron chi connectivity index (χ2n) is 5.90. The van der Waals surface area contributed by atoms with Crippen molar-refractivity contribution in [2.24, 2.45) is 0 Å². The van der Waals surface area contributed by atoms with Gasteiger partial charge in [-0.3, -0.25) is 9.69 Å². The van der Waals surface area contributed by atoms with E-state index in [2.05, 4.69) is 10.2 Å². The van der Waals surface area contributed by atoms with Gasteiger partial charge in [0.05, 0.1) is 18.2 Å². The van der Waals surface area contributed by atoms with E-state index < -0.39 is 5.60 Å². The molecule has 1 aliphatic heterocycles. The van der Waals surface area contributed by atoms with Gasteiger partial charge in [0.1, 0.15) is 0 Å². The lowest BCUT2D eigenvalue weighted by molar-refractivity contribution is -0.123. The van der Waals surface area contributed by atoms with Crippen LogP contribution in [0.2, 0.25) is 0 Å². The Morgan fingerprint density at radius 3 is 2.63 bits per heavy atom. The fourth-order valence-corrected chi connectivity index (χ4v) is 2.07. The molecule has 1 rings (SSSR count). The minimum absolute atomic E-state index is 0.0612. The molecule has 0 bridgehead atoms. The van der Waals surface area contributed by atoms with Gasteiger partial charge in [0.15, 0.2) is 0 Å². The molecule has 0 aromatic rings. The molecular formula is C14H28N2O3. The van der Waals surface area contributed by atoms with Crippen LogP contribution in [0.25, 0.3) is 0 Å². The Morgan fingerprint density at radius 1 is 1.42 bits per heavy atom. The van der Waals surface area contributed by atoms with E-state index >= 15 is 0 Å². The predicted molar refractivity (Wildman–Crippen MR) is 75.0 cm³/mol. The zero-order chi connectivity index (χ0) is 14.3. The van der Waals surface area contributed by atoms with Gasteiger partial charge in [-0.15, -0.1) is 0 Å². The Morgan fingerprint density at radius 2 is 2.05 bits per heavy atom. The number of amides is 1. The van der Waals surface area contributed by atoms with Crippen molar-refractivity contribution in [3.8, 4) is 0 Å². The van der Waals surface area contributed by atoms with Crippen LogP contribution in [0.15, 0.2) is 0 Å². The zero-order valence-corrected chi connectivity index (χ0v) is 12.4. The lowest BCUT2D eigenvalue weighted by atomic mass is 9.94. The van der Waals surface area contributed by atoms with Crippen LogP contribution in [0.5, 0.6) is 0 Å². The molecule has 1 heterocycles. The van der Waals surface area contributed by atoms with E-state index in [9.17, 15) is 9.90 Å². The Bertz CT molecular complexity index is 270. The predicted octanol–water partition coefficient (Wildman–Crippen LogP) is 0.765. The van der Waals surface area contributed by atoms with E-state index in [1.54, 1.807) is 0 Å². The van der Waals surface area contributed by atoms with Crippen LogP contribution in [0.1, 0.15) is 40.0 Å². The fourth-order valence-electron chi connectivity index (χ4n) is 2.07. The van der Waals surface area contributed by atoms with Crippen molar-refractivity contribution >= 4 is 5.91 Å². The van der Waals surface area contributed by atoms with Crippen LogP contribution in [-0.2, 0) is 9.53 Å². The van der Waals surface area contributed by atoms with Crippen LogP contribution in [0.3, 0.4) is 0 Å². The summed E-state index contributed by atoms with van der Waals surface area (Å²) in [6.45, 7) is 9.23. The highest BCUT2D eigenvalue weighted by Crippen LogP contribution is 2.20. The number of likely N-dealkylation sites (tertiary alicyclic amines) is 1. The first-order valence-electron chi connectivity index (χ1n) is 7.22. The summed E-state index contributed by atoms with van der Waals surface area (Å²) >= 11 is 0. The van der Waals surface area contributed by atoms with Gasteiger partial charge in [0.2, 0.25) is 5.91 Å². The van der Waals surface area contributed by atoms with Gasteiger partial charge in [0, 0.05) is 26.2 Å².